The average molecular weight is 313 g/mol. The van der Waals surface area contributed by atoms with Gasteiger partial charge >= 0.3 is 6.09 Å². The van der Waals surface area contributed by atoms with E-state index in [4.69, 9.17) is 4.74 Å². The SMILES string of the molecule is CCCCCC(NC(=O)OC(C)(C)C)C(=O)CCCC(C)C. The topological polar surface area (TPSA) is 55.4 Å². The Bertz CT molecular complexity index is 332. The molecule has 0 aromatic carbocycles. The van der Waals surface area contributed by atoms with E-state index in [1.165, 1.54) is 0 Å². The van der Waals surface area contributed by atoms with E-state index in [0.29, 0.717) is 18.8 Å². The van der Waals surface area contributed by atoms with Gasteiger partial charge in [-0.25, -0.2) is 4.79 Å². The third-order valence-electron chi connectivity index (χ3n) is 3.38. The Kier molecular flexibility index (Phi) is 10.1. The number of Topliss-reactive ketones (excluding diaryl/α,β-unsaturated/α-hetero) is 1. The van der Waals surface area contributed by atoms with Gasteiger partial charge in [0.25, 0.3) is 0 Å². The van der Waals surface area contributed by atoms with Crippen molar-refractivity contribution >= 4 is 11.9 Å². The Balaban J connectivity index is 4.46. The summed E-state index contributed by atoms with van der Waals surface area (Å²) in [4.78, 5) is 24.3. The molecule has 1 unspecified atom stereocenters. The first-order chi connectivity index (χ1) is 10.2. The van der Waals surface area contributed by atoms with Gasteiger partial charge in [0, 0.05) is 6.42 Å². The molecule has 0 radical (unpaired) electrons. The summed E-state index contributed by atoms with van der Waals surface area (Å²) in [6.07, 6.45) is 5.79. The smallest absolute Gasteiger partial charge is 0.408 e. The van der Waals surface area contributed by atoms with Crippen LogP contribution in [0.3, 0.4) is 0 Å². The minimum atomic E-state index is -0.543. The molecule has 0 fully saturated rings. The van der Waals surface area contributed by atoms with Crippen LogP contribution < -0.4 is 5.32 Å². The summed E-state index contributed by atoms with van der Waals surface area (Å²) in [5.74, 6) is 0.729. The number of unbranched alkanes of at least 4 members (excludes halogenated alkanes) is 2. The van der Waals surface area contributed by atoms with E-state index in [2.05, 4.69) is 26.1 Å². The maximum Gasteiger partial charge on any atom is 0.408 e. The van der Waals surface area contributed by atoms with Crippen LogP contribution in [0.25, 0.3) is 0 Å². The zero-order valence-electron chi connectivity index (χ0n) is 15.3. The summed E-state index contributed by atoms with van der Waals surface area (Å²) in [6.45, 7) is 11.9. The molecule has 0 spiro atoms. The summed E-state index contributed by atoms with van der Waals surface area (Å²) < 4.78 is 5.27. The number of carbonyl (C=O) groups is 2. The Morgan fingerprint density at radius 2 is 1.68 bits per heavy atom. The van der Waals surface area contributed by atoms with Crippen LogP contribution in [0, 0.1) is 5.92 Å². The first kappa shape index (κ1) is 20.9. The highest BCUT2D eigenvalue weighted by Gasteiger charge is 2.23. The van der Waals surface area contributed by atoms with Crippen molar-refractivity contribution in [3.05, 3.63) is 0 Å². The lowest BCUT2D eigenvalue weighted by atomic mass is 9.98. The predicted molar refractivity (Wildman–Crippen MR) is 91.0 cm³/mol. The molecule has 4 nitrogen and oxygen atoms in total. The van der Waals surface area contributed by atoms with E-state index in [0.717, 1.165) is 32.1 Å². The molecular weight excluding hydrogens is 278 g/mol. The van der Waals surface area contributed by atoms with Crippen molar-refractivity contribution in [1.82, 2.24) is 5.32 Å². The molecule has 0 aromatic rings. The molecule has 0 aliphatic heterocycles. The quantitative estimate of drug-likeness (QED) is 0.586. The summed E-state index contributed by atoms with van der Waals surface area (Å²) in [6, 6.07) is -0.409. The van der Waals surface area contributed by atoms with Gasteiger partial charge in [-0.3, -0.25) is 4.79 Å². The number of hydrogen-bond acceptors (Lipinski definition) is 3. The fourth-order valence-corrected chi connectivity index (χ4v) is 2.22. The van der Waals surface area contributed by atoms with Crippen molar-refractivity contribution in [2.24, 2.45) is 5.92 Å². The van der Waals surface area contributed by atoms with Gasteiger partial charge in [-0.05, 0) is 39.5 Å². The second-order valence-corrected chi connectivity index (χ2v) is 7.45. The highest BCUT2D eigenvalue weighted by molar-refractivity contribution is 5.87. The fourth-order valence-electron chi connectivity index (χ4n) is 2.22. The van der Waals surface area contributed by atoms with Crippen molar-refractivity contribution in [2.75, 3.05) is 0 Å². The van der Waals surface area contributed by atoms with Crippen LogP contribution in [0.2, 0.25) is 0 Å². The molecular formula is C18H35NO3. The number of rotatable bonds is 10. The molecule has 0 aromatic heterocycles. The van der Waals surface area contributed by atoms with E-state index in [-0.39, 0.29) is 5.78 Å². The minimum Gasteiger partial charge on any atom is -0.444 e. The van der Waals surface area contributed by atoms with Crippen molar-refractivity contribution in [3.8, 4) is 0 Å². The number of ether oxygens (including phenoxy) is 1. The van der Waals surface area contributed by atoms with Gasteiger partial charge in [0.2, 0.25) is 0 Å². The number of carbonyl (C=O) groups excluding carboxylic acids is 2. The summed E-state index contributed by atoms with van der Waals surface area (Å²) >= 11 is 0. The molecule has 0 heterocycles. The number of hydrogen-bond donors (Lipinski definition) is 1. The lowest BCUT2D eigenvalue weighted by Crippen LogP contribution is -2.43. The van der Waals surface area contributed by atoms with Gasteiger partial charge in [-0.1, -0.05) is 46.5 Å². The summed E-state index contributed by atoms with van der Waals surface area (Å²) in [5, 5.41) is 2.76. The Hall–Kier alpha value is -1.06. The molecule has 0 aliphatic rings. The monoisotopic (exact) mass is 313 g/mol. The summed E-state index contributed by atoms with van der Waals surface area (Å²) in [7, 11) is 0. The van der Waals surface area contributed by atoms with E-state index in [9.17, 15) is 9.59 Å². The van der Waals surface area contributed by atoms with Gasteiger partial charge in [0.1, 0.15) is 5.60 Å². The van der Waals surface area contributed by atoms with Crippen molar-refractivity contribution < 1.29 is 14.3 Å². The van der Waals surface area contributed by atoms with E-state index in [1.54, 1.807) is 0 Å². The molecule has 0 aliphatic carbocycles. The van der Waals surface area contributed by atoms with Crippen LogP contribution in [0.15, 0.2) is 0 Å². The Morgan fingerprint density at radius 1 is 1.05 bits per heavy atom. The zero-order valence-corrected chi connectivity index (χ0v) is 15.3. The van der Waals surface area contributed by atoms with Gasteiger partial charge < -0.3 is 10.1 Å². The highest BCUT2D eigenvalue weighted by atomic mass is 16.6. The fraction of sp³-hybridized carbons (Fsp3) is 0.889. The van der Waals surface area contributed by atoms with Crippen LogP contribution >= 0.6 is 0 Å². The molecule has 1 amide bonds. The highest BCUT2D eigenvalue weighted by Crippen LogP contribution is 2.13. The number of ketones is 1. The van der Waals surface area contributed by atoms with E-state index in [1.807, 2.05) is 20.8 Å². The van der Waals surface area contributed by atoms with Crippen LogP contribution in [0.4, 0.5) is 4.79 Å². The molecule has 0 saturated heterocycles. The van der Waals surface area contributed by atoms with Crippen molar-refractivity contribution in [1.29, 1.82) is 0 Å². The van der Waals surface area contributed by atoms with E-state index < -0.39 is 17.7 Å². The normalized spacial score (nSPS) is 13.0. The van der Waals surface area contributed by atoms with E-state index >= 15 is 0 Å². The lowest BCUT2D eigenvalue weighted by molar-refractivity contribution is -0.121. The van der Waals surface area contributed by atoms with Crippen LogP contribution in [-0.2, 0) is 9.53 Å². The largest absolute Gasteiger partial charge is 0.444 e. The molecule has 4 heteroatoms. The molecule has 0 rings (SSSR count). The lowest BCUT2D eigenvalue weighted by Gasteiger charge is -2.23. The third kappa shape index (κ3) is 11.6. The van der Waals surface area contributed by atoms with Gasteiger partial charge in [-0.15, -0.1) is 0 Å². The molecule has 0 saturated carbocycles. The molecule has 22 heavy (non-hydrogen) atoms. The minimum absolute atomic E-state index is 0.127. The van der Waals surface area contributed by atoms with Gasteiger partial charge in [0.05, 0.1) is 6.04 Å². The molecule has 1 atom stereocenters. The van der Waals surface area contributed by atoms with Gasteiger partial charge in [-0.2, -0.15) is 0 Å². The average Bonchev–Trinajstić information content (AvgIpc) is 2.35. The number of amides is 1. The predicted octanol–water partition coefficient (Wildman–Crippen LogP) is 4.86. The van der Waals surface area contributed by atoms with Crippen molar-refractivity contribution in [2.45, 2.75) is 98.1 Å². The van der Waals surface area contributed by atoms with Crippen LogP contribution in [-0.4, -0.2) is 23.5 Å². The first-order valence-corrected chi connectivity index (χ1v) is 8.68. The molecule has 130 valence electrons. The van der Waals surface area contributed by atoms with Gasteiger partial charge in [0.15, 0.2) is 5.78 Å². The number of alkyl carbamates (subject to hydrolysis) is 1. The number of nitrogens with one attached hydrogen (secondary N) is 1. The molecule has 0 bridgehead atoms. The Morgan fingerprint density at radius 3 is 2.18 bits per heavy atom. The second-order valence-electron chi connectivity index (χ2n) is 7.45. The third-order valence-corrected chi connectivity index (χ3v) is 3.38. The van der Waals surface area contributed by atoms with Crippen LogP contribution in [0.5, 0.6) is 0 Å². The second kappa shape index (κ2) is 10.6. The van der Waals surface area contributed by atoms with Crippen LogP contribution in [0.1, 0.15) is 86.5 Å². The Labute approximate surface area is 136 Å². The first-order valence-electron chi connectivity index (χ1n) is 8.68. The maximum absolute atomic E-state index is 12.3. The van der Waals surface area contributed by atoms with Crippen molar-refractivity contribution in [3.63, 3.8) is 0 Å². The molecule has 1 N–H and O–H groups in total. The maximum atomic E-state index is 12.3. The summed E-state index contributed by atoms with van der Waals surface area (Å²) in [5.41, 5.74) is -0.543. The zero-order chi connectivity index (χ0) is 17.2. The standard InChI is InChI=1S/C18H35NO3/c1-7-8-9-12-15(16(20)13-10-11-14(2)3)19-17(21)22-18(4,5)6/h14-15H,7-13H2,1-6H3,(H,19,21).